The number of rotatable bonds is 3. The highest BCUT2D eigenvalue weighted by Gasteiger charge is 2.50. The zero-order valence-corrected chi connectivity index (χ0v) is 20.5. The third-order valence-electron chi connectivity index (χ3n) is 7.29. The molecule has 1 aliphatic rings. The van der Waals surface area contributed by atoms with Gasteiger partial charge in [-0.15, -0.1) is 0 Å². The molecule has 0 bridgehead atoms. The number of aryl methyl sites for hydroxylation is 1. The van der Waals surface area contributed by atoms with Crippen LogP contribution in [-0.2, 0) is 4.74 Å². The number of aliphatic hydroxyl groups is 3. The summed E-state index contributed by atoms with van der Waals surface area (Å²) in [5, 5.41) is 44.9. The van der Waals surface area contributed by atoms with Crippen molar-refractivity contribution in [2.45, 2.75) is 50.8 Å². The number of aromatic hydroxyl groups is 1. The number of benzene rings is 3. The molecule has 5 atom stereocenters. The number of fused-ring (bicyclic) bond motifs is 5. The fourth-order valence-electron chi connectivity index (χ4n) is 5.14. The molecule has 0 amide bonds. The summed E-state index contributed by atoms with van der Waals surface area (Å²) in [7, 11) is 2.95. The largest absolute Gasteiger partial charge is 0.507 e. The highest BCUT2D eigenvalue weighted by Crippen LogP contribution is 2.47. The Morgan fingerprint density at radius 1 is 0.972 bits per heavy atom. The van der Waals surface area contributed by atoms with E-state index < -0.39 is 35.6 Å². The average molecular weight is 497 g/mol. The summed E-state index contributed by atoms with van der Waals surface area (Å²) in [5.41, 5.74) is -1.02. The van der Waals surface area contributed by atoms with Gasteiger partial charge in [0.1, 0.15) is 46.7 Å². The van der Waals surface area contributed by atoms with E-state index in [9.17, 15) is 25.2 Å². The highest BCUT2D eigenvalue weighted by atomic mass is 16.5. The van der Waals surface area contributed by atoms with E-state index in [2.05, 4.69) is 0 Å². The van der Waals surface area contributed by atoms with Gasteiger partial charge in [0.05, 0.1) is 31.1 Å². The third kappa shape index (κ3) is 3.35. The number of phenolic OH excluding ortho intramolecular Hbond substituents is 1. The first-order valence-corrected chi connectivity index (χ1v) is 11.5. The minimum Gasteiger partial charge on any atom is -0.507 e. The van der Waals surface area contributed by atoms with E-state index in [0.29, 0.717) is 33.2 Å². The number of phenols is 1. The van der Waals surface area contributed by atoms with Crippen molar-refractivity contribution in [1.82, 2.24) is 0 Å². The van der Waals surface area contributed by atoms with Crippen LogP contribution in [0, 0.1) is 6.92 Å². The number of hydrogen-bond acceptors (Lipinski definition) is 9. The Morgan fingerprint density at radius 2 is 1.64 bits per heavy atom. The first kappa shape index (κ1) is 24.3. The van der Waals surface area contributed by atoms with Gasteiger partial charge in [0.2, 0.25) is 0 Å². The molecule has 9 heteroatoms. The van der Waals surface area contributed by atoms with Crippen molar-refractivity contribution < 1.29 is 39.1 Å². The van der Waals surface area contributed by atoms with Gasteiger partial charge < -0.3 is 39.1 Å². The standard InChI is InChI=1S/C27H28O9/c1-11-8-15-19(17(9-11)33-4)14-10-18(34-5)21-16(28)7-6-13(20(21)23(14)36-26(15)31)24-22(29)25(30)27(3,32)12(2)35-24/h6-10,12,22,24-25,28-30,32H,1-5H3/t12-,22+,24+,25-,27+/m1/s1. The van der Waals surface area contributed by atoms with E-state index in [-0.39, 0.29) is 22.1 Å². The Morgan fingerprint density at radius 3 is 2.31 bits per heavy atom. The molecule has 1 fully saturated rings. The smallest absolute Gasteiger partial charge is 0.344 e. The molecule has 0 spiro atoms. The Kier molecular flexibility index (Phi) is 5.64. The molecule has 5 rings (SSSR count). The Bertz CT molecular complexity index is 1570. The van der Waals surface area contributed by atoms with E-state index >= 15 is 0 Å². The van der Waals surface area contributed by atoms with Crippen LogP contribution >= 0.6 is 0 Å². The Hall–Kier alpha value is -3.37. The molecule has 4 aromatic rings. The van der Waals surface area contributed by atoms with Crippen LogP contribution in [0.4, 0.5) is 0 Å². The summed E-state index contributed by atoms with van der Waals surface area (Å²) in [6.07, 6.45) is -5.01. The highest BCUT2D eigenvalue weighted by molar-refractivity contribution is 6.19. The lowest BCUT2D eigenvalue weighted by atomic mass is 9.81. The molecule has 1 aromatic heterocycles. The molecular formula is C27H28O9. The average Bonchev–Trinajstić information content (AvgIpc) is 2.85. The second-order valence-electron chi connectivity index (χ2n) is 9.52. The quantitative estimate of drug-likeness (QED) is 0.249. The predicted molar refractivity (Wildman–Crippen MR) is 133 cm³/mol. The van der Waals surface area contributed by atoms with Crippen LogP contribution < -0.4 is 15.1 Å². The fraction of sp³-hybridized carbons (Fsp3) is 0.370. The summed E-state index contributed by atoms with van der Waals surface area (Å²) in [6.45, 7) is 4.81. The molecule has 0 saturated carbocycles. The molecule has 36 heavy (non-hydrogen) atoms. The first-order valence-electron chi connectivity index (χ1n) is 11.5. The third-order valence-corrected chi connectivity index (χ3v) is 7.29. The molecule has 9 nitrogen and oxygen atoms in total. The van der Waals surface area contributed by atoms with Crippen molar-refractivity contribution in [3.05, 3.63) is 51.9 Å². The molecular weight excluding hydrogens is 468 g/mol. The number of aliphatic hydroxyl groups excluding tert-OH is 2. The van der Waals surface area contributed by atoms with E-state index in [1.807, 2.05) is 6.92 Å². The molecule has 0 unspecified atom stereocenters. The van der Waals surface area contributed by atoms with E-state index in [4.69, 9.17) is 18.6 Å². The lowest BCUT2D eigenvalue weighted by molar-refractivity contribution is -0.260. The first-order chi connectivity index (χ1) is 17.0. The van der Waals surface area contributed by atoms with Crippen LogP contribution in [0.2, 0.25) is 0 Å². The van der Waals surface area contributed by atoms with Gasteiger partial charge in [0.15, 0.2) is 0 Å². The van der Waals surface area contributed by atoms with Gasteiger partial charge >= 0.3 is 5.63 Å². The molecule has 4 N–H and O–H groups in total. The van der Waals surface area contributed by atoms with Gasteiger partial charge in [0.25, 0.3) is 0 Å². The minimum atomic E-state index is -1.70. The molecule has 190 valence electrons. The summed E-state index contributed by atoms with van der Waals surface area (Å²) in [6, 6.07) is 8.10. The van der Waals surface area contributed by atoms with E-state index in [1.54, 1.807) is 25.1 Å². The lowest BCUT2D eigenvalue weighted by Gasteiger charge is -2.46. The van der Waals surface area contributed by atoms with Gasteiger partial charge in [0, 0.05) is 16.2 Å². The zero-order chi connectivity index (χ0) is 26.1. The van der Waals surface area contributed by atoms with Gasteiger partial charge in [-0.3, -0.25) is 0 Å². The molecule has 1 aliphatic heterocycles. The maximum atomic E-state index is 13.2. The maximum Gasteiger partial charge on any atom is 0.344 e. The summed E-state index contributed by atoms with van der Waals surface area (Å²) >= 11 is 0. The monoisotopic (exact) mass is 496 g/mol. The zero-order valence-electron chi connectivity index (χ0n) is 20.5. The van der Waals surface area contributed by atoms with Crippen LogP contribution in [0.25, 0.3) is 32.5 Å². The van der Waals surface area contributed by atoms with Crippen LogP contribution in [0.5, 0.6) is 17.2 Å². The molecule has 0 aliphatic carbocycles. The molecule has 0 radical (unpaired) electrons. The Balaban J connectivity index is 1.96. The van der Waals surface area contributed by atoms with Gasteiger partial charge in [-0.25, -0.2) is 4.79 Å². The number of hydrogen-bond donors (Lipinski definition) is 4. The summed E-state index contributed by atoms with van der Waals surface area (Å²) < 4.78 is 23.0. The molecule has 3 aromatic carbocycles. The lowest BCUT2D eigenvalue weighted by Crippen LogP contribution is -2.61. The second kappa shape index (κ2) is 8.35. The number of methoxy groups -OCH3 is 2. The maximum absolute atomic E-state index is 13.2. The van der Waals surface area contributed by atoms with Crippen molar-refractivity contribution in [3.8, 4) is 17.2 Å². The SMILES string of the molecule is COc1cc2c(oc(=O)c3cc(C)cc(OC)c32)c2c([C@@H]3O[C@H](C)[C@](C)(O)[C@H](O)[C@H]3O)ccc(O)c12. The van der Waals surface area contributed by atoms with E-state index in [1.165, 1.54) is 33.3 Å². The second-order valence-corrected chi connectivity index (χ2v) is 9.52. The van der Waals surface area contributed by atoms with Crippen LogP contribution in [0.15, 0.2) is 39.5 Å². The molecule has 2 heterocycles. The van der Waals surface area contributed by atoms with Crippen molar-refractivity contribution in [2.75, 3.05) is 14.2 Å². The van der Waals surface area contributed by atoms with Crippen LogP contribution in [0.3, 0.4) is 0 Å². The van der Waals surface area contributed by atoms with Gasteiger partial charge in [-0.05, 0) is 56.2 Å². The topological polar surface area (TPSA) is 139 Å². The van der Waals surface area contributed by atoms with Gasteiger partial charge in [-0.2, -0.15) is 0 Å². The normalized spacial score (nSPS) is 26.6. The summed E-state index contributed by atoms with van der Waals surface area (Å²) in [5.74, 6) is 0.609. The van der Waals surface area contributed by atoms with Crippen molar-refractivity contribution in [2.24, 2.45) is 0 Å². The van der Waals surface area contributed by atoms with E-state index in [0.717, 1.165) is 5.56 Å². The van der Waals surface area contributed by atoms with Crippen LogP contribution in [-0.4, -0.2) is 58.6 Å². The summed E-state index contributed by atoms with van der Waals surface area (Å²) in [4.78, 5) is 13.2. The van der Waals surface area contributed by atoms with Gasteiger partial charge in [-0.1, -0.05) is 6.07 Å². The molecule has 1 saturated heterocycles. The number of ether oxygens (including phenoxy) is 3. The van der Waals surface area contributed by atoms with Crippen molar-refractivity contribution in [3.63, 3.8) is 0 Å². The van der Waals surface area contributed by atoms with Crippen LogP contribution in [0.1, 0.15) is 31.1 Å². The fourth-order valence-corrected chi connectivity index (χ4v) is 5.14. The Labute approximate surface area is 206 Å². The minimum absolute atomic E-state index is 0.131. The van der Waals surface area contributed by atoms with Crippen molar-refractivity contribution >= 4 is 32.5 Å². The predicted octanol–water partition coefficient (Wildman–Crippen LogP) is 3.06. The van der Waals surface area contributed by atoms with Crippen molar-refractivity contribution in [1.29, 1.82) is 0 Å².